The SMILES string of the molecule is CCOC(=O)c1ccc(NS(=O)(=O)c2c(C)[nH]c(C)c2C(=O)N2CCCC2)cc1. The minimum atomic E-state index is -4.02. The molecule has 0 radical (unpaired) electrons. The molecule has 1 amide bonds. The monoisotopic (exact) mass is 419 g/mol. The molecule has 2 aromatic rings. The first kappa shape index (κ1) is 20.9. The molecule has 1 aliphatic rings. The van der Waals surface area contributed by atoms with Gasteiger partial charge in [-0.1, -0.05) is 0 Å². The van der Waals surface area contributed by atoms with Crippen molar-refractivity contribution >= 4 is 27.6 Å². The number of rotatable bonds is 6. The van der Waals surface area contributed by atoms with Gasteiger partial charge in [-0.05, 0) is 57.9 Å². The van der Waals surface area contributed by atoms with E-state index in [4.69, 9.17) is 4.74 Å². The number of carbonyl (C=O) groups is 2. The summed E-state index contributed by atoms with van der Waals surface area (Å²) in [5.41, 5.74) is 1.72. The summed E-state index contributed by atoms with van der Waals surface area (Å²) in [6.45, 7) is 6.56. The van der Waals surface area contributed by atoms with Gasteiger partial charge >= 0.3 is 5.97 Å². The van der Waals surface area contributed by atoms with Crippen LogP contribution < -0.4 is 4.72 Å². The van der Waals surface area contributed by atoms with Crippen molar-refractivity contribution in [1.82, 2.24) is 9.88 Å². The van der Waals surface area contributed by atoms with Gasteiger partial charge in [-0.3, -0.25) is 9.52 Å². The van der Waals surface area contributed by atoms with Crippen molar-refractivity contribution in [3.05, 3.63) is 46.8 Å². The van der Waals surface area contributed by atoms with Crippen LogP contribution in [0.15, 0.2) is 29.2 Å². The van der Waals surface area contributed by atoms with Crippen LogP contribution in [0.1, 0.15) is 51.9 Å². The van der Waals surface area contributed by atoms with Crippen molar-refractivity contribution in [3.63, 3.8) is 0 Å². The van der Waals surface area contributed by atoms with Gasteiger partial charge in [0, 0.05) is 30.2 Å². The molecule has 0 aliphatic carbocycles. The molecule has 0 atom stereocenters. The molecule has 9 heteroatoms. The molecule has 0 saturated carbocycles. The number of nitrogens with zero attached hydrogens (tertiary/aromatic N) is 1. The highest BCUT2D eigenvalue weighted by atomic mass is 32.2. The lowest BCUT2D eigenvalue weighted by Crippen LogP contribution is -2.29. The number of esters is 1. The zero-order chi connectivity index (χ0) is 21.2. The number of ether oxygens (including phenoxy) is 1. The van der Waals surface area contributed by atoms with Crippen LogP contribution in [0.5, 0.6) is 0 Å². The highest BCUT2D eigenvalue weighted by Gasteiger charge is 2.32. The van der Waals surface area contributed by atoms with E-state index in [9.17, 15) is 18.0 Å². The van der Waals surface area contributed by atoms with Crippen molar-refractivity contribution in [3.8, 4) is 0 Å². The molecule has 1 fully saturated rings. The maximum absolute atomic E-state index is 13.1. The molecule has 2 N–H and O–H groups in total. The third-order valence-electron chi connectivity index (χ3n) is 4.84. The van der Waals surface area contributed by atoms with Crippen LogP contribution >= 0.6 is 0 Å². The van der Waals surface area contributed by atoms with E-state index in [-0.39, 0.29) is 28.7 Å². The summed E-state index contributed by atoms with van der Waals surface area (Å²) < 4.78 is 33.6. The van der Waals surface area contributed by atoms with Crippen LogP contribution in [0.3, 0.4) is 0 Å². The maximum atomic E-state index is 13.1. The highest BCUT2D eigenvalue weighted by Crippen LogP contribution is 2.28. The number of hydrogen-bond donors (Lipinski definition) is 2. The Morgan fingerprint density at radius 1 is 1.10 bits per heavy atom. The minimum absolute atomic E-state index is 0.0404. The molecule has 0 spiro atoms. The molecule has 3 rings (SSSR count). The van der Waals surface area contributed by atoms with Gasteiger partial charge < -0.3 is 14.6 Å². The first-order valence-corrected chi connectivity index (χ1v) is 11.0. The number of likely N-dealkylation sites (tertiary alicyclic amines) is 1. The summed E-state index contributed by atoms with van der Waals surface area (Å²) >= 11 is 0. The topological polar surface area (TPSA) is 109 Å². The number of sulfonamides is 1. The molecule has 1 aliphatic heterocycles. The number of anilines is 1. The molecular formula is C20H25N3O5S. The smallest absolute Gasteiger partial charge is 0.338 e. The number of carbonyl (C=O) groups excluding carboxylic acids is 2. The summed E-state index contributed by atoms with van der Waals surface area (Å²) in [7, 11) is -4.02. The lowest BCUT2D eigenvalue weighted by Gasteiger charge is -2.17. The molecule has 0 unspecified atom stereocenters. The van der Waals surface area contributed by atoms with Crippen LogP contribution in [0, 0.1) is 13.8 Å². The predicted molar refractivity (Wildman–Crippen MR) is 109 cm³/mol. The van der Waals surface area contributed by atoms with E-state index in [0.29, 0.717) is 30.0 Å². The second kappa shape index (κ2) is 8.28. The standard InChI is InChI=1S/C20H25N3O5S/c1-4-28-20(25)15-7-9-16(10-8-15)22-29(26,27)18-14(3)21-13(2)17(18)19(24)23-11-5-6-12-23/h7-10,21-22H,4-6,11-12H2,1-3H3. The molecule has 1 aromatic heterocycles. The molecule has 8 nitrogen and oxygen atoms in total. The number of aryl methyl sites for hydroxylation is 2. The summed E-state index contributed by atoms with van der Waals surface area (Å²) in [5.74, 6) is -0.750. The Labute approximate surface area is 170 Å². The first-order chi connectivity index (χ1) is 13.7. The zero-order valence-electron chi connectivity index (χ0n) is 16.7. The quantitative estimate of drug-likeness (QED) is 0.700. The molecule has 1 aromatic carbocycles. The fourth-order valence-electron chi connectivity index (χ4n) is 3.53. The Morgan fingerprint density at radius 3 is 2.31 bits per heavy atom. The number of nitrogens with one attached hydrogen (secondary N) is 2. The third kappa shape index (κ3) is 4.29. The fourth-order valence-corrected chi connectivity index (χ4v) is 5.04. The van der Waals surface area contributed by atoms with Gasteiger partial charge in [0.1, 0.15) is 4.90 Å². The Kier molecular flexibility index (Phi) is 5.97. The summed E-state index contributed by atoms with van der Waals surface area (Å²) in [6.07, 6.45) is 1.84. The molecular weight excluding hydrogens is 394 g/mol. The van der Waals surface area contributed by atoms with E-state index >= 15 is 0 Å². The van der Waals surface area contributed by atoms with E-state index in [2.05, 4.69) is 9.71 Å². The van der Waals surface area contributed by atoms with E-state index < -0.39 is 16.0 Å². The Hall–Kier alpha value is -2.81. The first-order valence-electron chi connectivity index (χ1n) is 9.53. The van der Waals surface area contributed by atoms with Crippen LogP contribution in [0.4, 0.5) is 5.69 Å². The fraction of sp³-hybridized carbons (Fsp3) is 0.400. The molecule has 0 bridgehead atoms. The molecule has 156 valence electrons. The van der Waals surface area contributed by atoms with Gasteiger partial charge in [0.25, 0.3) is 15.9 Å². The lowest BCUT2D eigenvalue weighted by molar-refractivity contribution is 0.0526. The van der Waals surface area contributed by atoms with E-state index in [1.54, 1.807) is 25.7 Å². The average Bonchev–Trinajstić information content (AvgIpc) is 3.29. The number of benzene rings is 1. The molecule has 2 heterocycles. The van der Waals surface area contributed by atoms with Gasteiger partial charge in [-0.2, -0.15) is 0 Å². The van der Waals surface area contributed by atoms with Crippen LogP contribution in [-0.2, 0) is 14.8 Å². The number of hydrogen-bond acceptors (Lipinski definition) is 5. The van der Waals surface area contributed by atoms with E-state index in [0.717, 1.165) is 12.8 Å². The molecule has 1 saturated heterocycles. The summed E-state index contributed by atoms with van der Waals surface area (Å²) in [6, 6.07) is 5.95. The van der Waals surface area contributed by atoms with Crippen LogP contribution in [0.25, 0.3) is 0 Å². The highest BCUT2D eigenvalue weighted by molar-refractivity contribution is 7.92. The predicted octanol–water partition coefficient (Wildman–Crippen LogP) is 2.85. The summed E-state index contributed by atoms with van der Waals surface area (Å²) in [5, 5.41) is 0. The van der Waals surface area contributed by atoms with Crippen molar-refractivity contribution in [2.45, 2.75) is 38.5 Å². The van der Waals surface area contributed by atoms with Crippen molar-refractivity contribution in [2.24, 2.45) is 0 Å². The number of aromatic amines is 1. The largest absolute Gasteiger partial charge is 0.462 e. The van der Waals surface area contributed by atoms with Crippen molar-refractivity contribution < 1.29 is 22.7 Å². The van der Waals surface area contributed by atoms with Gasteiger partial charge in [0.05, 0.1) is 17.7 Å². The van der Waals surface area contributed by atoms with E-state index in [1.165, 1.54) is 24.3 Å². The molecule has 29 heavy (non-hydrogen) atoms. The Balaban J connectivity index is 1.90. The van der Waals surface area contributed by atoms with Gasteiger partial charge in [0.15, 0.2) is 0 Å². The number of aromatic nitrogens is 1. The number of H-pyrrole nitrogens is 1. The normalized spacial score (nSPS) is 14.1. The van der Waals surface area contributed by atoms with Crippen molar-refractivity contribution in [1.29, 1.82) is 0 Å². The number of amides is 1. The maximum Gasteiger partial charge on any atom is 0.338 e. The second-order valence-corrected chi connectivity index (χ2v) is 8.60. The lowest BCUT2D eigenvalue weighted by atomic mass is 10.2. The minimum Gasteiger partial charge on any atom is -0.462 e. The average molecular weight is 420 g/mol. The van der Waals surface area contributed by atoms with Gasteiger partial charge in [-0.15, -0.1) is 0 Å². The van der Waals surface area contributed by atoms with Gasteiger partial charge in [0.2, 0.25) is 0 Å². The third-order valence-corrected chi connectivity index (χ3v) is 6.39. The second-order valence-electron chi connectivity index (χ2n) is 6.98. The van der Waals surface area contributed by atoms with Crippen LogP contribution in [-0.4, -0.2) is 49.9 Å². The van der Waals surface area contributed by atoms with Gasteiger partial charge in [-0.25, -0.2) is 13.2 Å². The van der Waals surface area contributed by atoms with Crippen molar-refractivity contribution in [2.75, 3.05) is 24.4 Å². The Bertz CT molecular complexity index is 1020. The zero-order valence-corrected chi connectivity index (χ0v) is 17.6. The van der Waals surface area contributed by atoms with Crippen LogP contribution in [0.2, 0.25) is 0 Å². The van der Waals surface area contributed by atoms with E-state index in [1.807, 2.05) is 0 Å². The Morgan fingerprint density at radius 2 is 1.72 bits per heavy atom. The summed E-state index contributed by atoms with van der Waals surface area (Å²) in [4.78, 5) is 29.3.